The average Bonchev–Trinajstić information content (AvgIpc) is 3.27. The second-order valence-electron chi connectivity index (χ2n) is 6.67. The molecule has 21 heavy (non-hydrogen) atoms. The first-order valence-electron chi connectivity index (χ1n) is 8.48. The van der Waals surface area contributed by atoms with Crippen molar-refractivity contribution in [2.75, 3.05) is 19.6 Å². The van der Waals surface area contributed by atoms with Gasteiger partial charge >= 0.3 is 0 Å². The molecule has 1 N–H and O–H groups in total. The number of piperidine rings is 1. The van der Waals surface area contributed by atoms with Gasteiger partial charge in [0, 0.05) is 37.8 Å². The van der Waals surface area contributed by atoms with E-state index in [1.54, 1.807) is 8.61 Å². The van der Waals surface area contributed by atoms with Crippen molar-refractivity contribution < 1.29 is 8.42 Å². The molecular weight excluding hydrogens is 286 g/mol. The van der Waals surface area contributed by atoms with Gasteiger partial charge in [0.25, 0.3) is 10.2 Å². The topological polar surface area (TPSA) is 52.7 Å². The van der Waals surface area contributed by atoms with Gasteiger partial charge in [-0.3, -0.25) is 0 Å². The Hall–Kier alpha value is -0.170. The Bertz CT molecular complexity index is 421. The van der Waals surface area contributed by atoms with E-state index in [0.717, 1.165) is 45.1 Å². The van der Waals surface area contributed by atoms with Crippen molar-refractivity contribution in [3.63, 3.8) is 0 Å². The molecule has 6 heteroatoms. The highest BCUT2D eigenvalue weighted by Crippen LogP contribution is 2.32. The lowest BCUT2D eigenvalue weighted by Gasteiger charge is -2.38. The molecule has 0 amide bonds. The maximum Gasteiger partial charge on any atom is 0.282 e. The molecule has 124 valence electrons. The van der Waals surface area contributed by atoms with E-state index in [9.17, 15) is 8.42 Å². The van der Waals surface area contributed by atoms with Crippen LogP contribution in [0.1, 0.15) is 59.3 Å². The summed E-state index contributed by atoms with van der Waals surface area (Å²) in [5, 5.41) is 3.41. The molecule has 1 aliphatic carbocycles. The summed E-state index contributed by atoms with van der Waals surface area (Å²) in [4.78, 5) is 0. The van der Waals surface area contributed by atoms with Crippen LogP contribution in [-0.2, 0) is 10.2 Å². The quantitative estimate of drug-likeness (QED) is 0.744. The zero-order valence-electron chi connectivity index (χ0n) is 13.7. The van der Waals surface area contributed by atoms with E-state index in [1.165, 1.54) is 0 Å². The summed E-state index contributed by atoms with van der Waals surface area (Å²) in [5.41, 5.74) is 0. The first-order chi connectivity index (χ1) is 9.96. The van der Waals surface area contributed by atoms with Crippen LogP contribution in [0.3, 0.4) is 0 Å². The Kier molecular flexibility index (Phi) is 6.05. The first-order valence-corrected chi connectivity index (χ1v) is 9.88. The van der Waals surface area contributed by atoms with Gasteiger partial charge in [-0.2, -0.15) is 17.0 Å². The number of hydrogen-bond acceptors (Lipinski definition) is 3. The van der Waals surface area contributed by atoms with Crippen LogP contribution >= 0.6 is 0 Å². The Balaban J connectivity index is 2.10. The SMILES string of the molecule is CCCN(C1CC1)S(=O)(=O)N1CCCCC1CNC(C)C. The van der Waals surface area contributed by atoms with Gasteiger partial charge in [-0.1, -0.05) is 27.2 Å². The Morgan fingerprint density at radius 3 is 2.52 bits per heavy atom. The zero-order chi connectivity index (χ0) is 15.5. The van der Waals surface area contributed by atoms with Crippen molar-refractivity contribution in [1.82, 2.24) is 13.9 Å². The number of rotatable bonds is 8. The van der Waals surface area contributed by atoms with Gasteiger partial charge in [-0.05, 0) is 32.1 Å². The molecule has 5 nitrogen and oxygen atoms in total. The third kappa shape index (κ3) is 4.41. The average molecular weight is 317 g/mol. The first kappa shape index (κ1) is 17.2. The number of nitrogens with zero attached hydrogens (tertiary/aromatic N) is 2. The third-order valence-electron chi connectivity index (χ3n) is 4.33. The van der Waals surface area contributed by atoms with Crippen LogP contribution in [0.5, 0.6) is 0 Å². The summed E-state index contributed by atoms with van der Waals surface area (Å²) in [6, 6.07) is 0.770. The van der Waals surface area contributed by atoms with Gasteiger partial charge in [-0.25, -0.2) is 0 Å². The van der Waals surface area contributed by atoms with E-state index >= 15 is 0 Å². The predicted molar refractivity (Wildman–Crippen MR) is 86.4 cm³/mol. The minimum absolute atomic E-state index is 0.115. The smallest absolute Gasteiger partial charge is 0.282 e. The molecule has 2 aliphatic rings. The molecule has 1 saturated heterocycles. The number of nitrogens with one attached hydrogen (secondary N) is 1. The second-order valence-corrected chi connectivity index (χ2v) is 8.51. The molecule has 0 spiro atoms. The van der Waals surface area contributed by atoms with Gasteiger partial charge < -0.3 is 5.32 Å². The summed E-state index contributed by atoms with van der Waals surface area (Å²) in [6.07, 6.45) is 6.04. The van der Waals surface area contributed by atoms with E-state index in [1.807, 2.05) is 0 Å². The predicted octanol–water partition coefficient (Wildman–Crippen LogP) is 1.96. The molecule has 1 unspecified atom stereocenters. The molecule has 0 radical (unpaired) electrons. The number of hydrogen-bond donors (Lipinski definition) is 1. The van der Waals surface area contributed by atoms with E-state index < -0.39 is 10.2 Å². The van der Waals surface area contributed by atoms with Crippen molar-refractivity contribution in [3.8, 4) is 0 Å². The van der Waals surface area contributed by atoms with Crippen molar-refractivity contribution in [1.29, 1.82) is 0 Å². The van der Waals surface area contributed by atoms with Gasteiger partial charge in [0.2, 0.25) is 0 Å². The molecule has 0 aromatic heterocycles. The van der Waals surface area contributed by atoms with Gasteiger partial charge in [0.15, 0.2) is 0 Å². The maximum atomic E-state index is 13.0. The van der Waals surface area contributed by atoms with Crippen molar-refractivity contribution >= 4 is 10.2 Å². The highest BCUT2D eigenvalue weighted by atomic mass is 32.2. The largest absolute Gasteiger partial charge is 0.313 e. The van der Waals surface area contributed by atoms with Crippen molar-refractivity contribution in [2.24, 2.45) is 0 Å². The molecule has 0 aromatic rings. The molecule has 1 aliphatic heterocycles. The summed E-state index contributed by atoms with van der Waals surface area (Å²) < 4.78 is 29.6. The minimum atomic E-state index is -3.29. The fourth-order valence-electron chi connectivity index (χ4n) is 3.06. The van der Waals surface area contributed by atoms with Crippen molar-refractivity contribution in [3.05, 3.63) is 0 Å². The van der Waals surface area contributed by atoms with Crippen molar-refractivity contribution in [2.45, 2.75) is 77.4 Å². The maximum absolute atomic E-state index is 13.0. The second kappa shape index (κ2) is 7.40. The van der Waals surface area contributed by atoms with Crippen LogP contribution < -0.4 is 5.32 Å². The molecule has 1 saturated carbocycles. The standard InChI is InChI=1S/C15H31N3O2S/c1-4-10-17(14-8-9-14)21(19,20)18-11-6-5-7-15(18)12-16-13(2)3/h13-16H,4-12H2,1-3H3. The van der Waals surface area contributed by atoms with Crippen LogP contribution in [0.4, 0.5) is 0 Å². The molecule has 1 atom stereocenters. The Morgan fingerprint density at radius 2 is 1.95 bits per heavy atom. The van der Waals surface area contributed by atoms with Gasteiger partial charge in [0.05, 0.1) is 0 Å². The highest BCUT2D eigenvalue weighted by molar-refractivity contribution is 7.86. The lowest BCUT2D eigenvalue weighted by Crippen LogP contribution is -2.54. The normalized spacial score (nSPS) is 24.9. The molecule has 1 heterocycles. The fraction of sp³-hybridized carbons (Fsp3) is 1.00. The fourth-order valence-corrected chi connectivity index (χ4v) is 5.24. The molecule has 0 aromatic carbocycles. The summed E-state index contributed by atoms with van der Waals surface area (Å²) in [5.74, 6) is 0. The van der Waals surface area contributed by atoms with E-state index in [2.05, 4.69) is 26.1 Å². The minimum Gasteiger partial charge on any atom is -0.313 e. The summed E-state index contributed by atoms with van der Waals surface area (Å²) >= 11 is 0. The van der Waals surface area contributed by atoms with Crippen LogP contribution in [0, 0.1) is 0 Å². The monoisotopic (exact) mass is 317 g/mol. The zero-order valence-corrected chi connectivity index (χ0v) is 14.5. The Labute approximate surface area is 130 Å². The lowest BCUT2D eigenvalue weighted by molar-refractivity contribution is 0.221. The molecule has 2 fully saturated rings. The third-order valence-corrected chi connectivity index (χ3v) is 6.47. The van der Waals surface area contributed by atoms with Crippen LogP contribution in [0.15, 0.2) is 0 Å². The summed E-state index contributed by atoms with van der Waals surface area (Å²) in [6.45, 7) is 8.37. The molecule has 2 rings (SSSR count). The van der Waals surface area contributed by atoms with Gasteiger partial charge in [0.1, 0.15) is 0 Å². The van der Waals surface area contributed by atoms with Gasteiger partial charge in [-0.15, -0.1) is 0 Å². The molecule has 0 bridgehead atoms. The highest BCUT2D eigenvalue weighted by Gasteiger charge is 2.42. The lowest BCUT2D eigenvalue weighted by atomic mass is 10.0. The van der Waals surface area contributed by atoms with Crippen LogP contribution in [0.25, 0.3) is 0 Å². The van der Waals surface area contributed by atoms with E-state index in [0.29, 0.717) is 19.1 Å². The summed E-state index contributed by atoms with van der Waals surface area (Å²) in [7, 11) is -3.29. The van der Waals surface area contributed by atoms with E-state index in [4.69, 9.17) is 0 Å². The Morgan fingerprint density at radius 1 is 1.24 bits per heavy atom. The van der Waals surface area contributed by atoms with E-state index in [-0.39, 0.29) is 12.1 Å². The van der Waals surface area contributed by atoms with Crippen LogP contribution in [-0.4, -0.2) is 54.8 Å². The molecular formula is C15H31N3O2S. The van der Waals surface area contributed by atoms with Crippen LogP contribution in [0.2, 0.25) is 0 Å².